The summed E-state index contributed by atoms with van der Waals surface area (Å²) < 4.78 is 0. The van der Waals surface area contributed by atoms with Gasteiger partial charge >= 0.3 is 113 Å². The normalized spacial score (nSPS) is 10.8. The van der Waals surface area contributed by atoms with E-state index in [1.54, 1.807) is 11.1 Å². The van der Waals surface area contributed by atoms with Crippen molar-refractivity contribution < 1.29 is 113 Å². The molecule has 0 heterocycles. The van der Waals surface area contributed by atoms with Gasteiger partial charge in [-0.2, -0.15) is 12.8 Å². The van der Waals surface area contributed by atoms with E-state index >= 15 is 0 Å². The van der Waals surface area contributed by atoms with E-state index < -0.39 is 0 Å². The van der Waals surface area contributed by atoms with Crippen LogP contribution in [0.25, 0.3) is 0 Å². The first kappa shape index (κ1) is 41.2. The Balaban J connectivity index is -0.000000135. The molecule has 0 aromatic heterocycles. The Kier molecular flexibility index (Phi) is 44.3. The summed E-state index contributed by atoms with van der Waals surface area (Å²) in [5.41, 5.74) is 3.09. The average molecular weight is 286 g/mol. The second-order valence-corrected chi connectivity index (χ2v) is 5.42. The molecule has 0 aliphatic heterocycles. The Hall–Kier alpha value is 2.80. The van der Waals surface area contributed by atoms with Crippen LogP contribution in [-0.4, -0.2) is 0 Å². The van der Waals surface area contributed by atoms with E-state index in [9.17, 15) is 0 Å². The predicted octanol–water partition coefficient (Wildman–Crippen LogP) is -12.1. The first-order valence-corrected chi connectivity index (χ1v) is 7.38. The molecule has 0 aliphatic rings. The molecule has 6 heteroatoms. The second-order valence-electron chi connectivity index (χ2n) is 5.42. The maximum atomic E-state index is 3.94. The SMILES string of the molecule is [CH2-]CCCC(C)c1ccccc1C(C)CCC[CH2-].[Li+].[Li+].[Li+].[Li+].[Li+].[Li+]. The monoisotopic (exact) mass is 286 g/mol. The van der Waals surface area contributed by atoms with E-state index in [0.717, 1.165) is 12.8 Å². The zero-order valence-electron chi connectivity index (χ0n) is 18.1. The zero-order chi connectivity index (χ0) is 13.4. The molecular formula is C18H28Li6+4. The molecule has 0 saturated heterocycles. The van der Waals surface area contributed by atoms with Crippen LogP contribution in [0.4, 0.5) is 0 Å². The van der Waals surface area contributed by atoms with Crippen molar-refractivity contribution in [3.63, 3.8) is 0 Å². The number of hydrogen-bond donors (Lipinski definition) is 0. The number of hydrogen-bond acceptors (Lipinski definition) is 0. The molecule has 102 valence electrons. The minimum absolute atomic E-state index is 0. The van der Waals surface area contributed by atoms with E-state index in [4.69, 9.17) is 0 Å². The van der Waals surface area contributed by atoms with Crippen LogP contribution >= 0.6 is 0 Å². The van der Waals surface area contributed by atoms with Crippen molar-refractivity contribution in [2.24, 2.45) is 0 Å². The van der Waals surface area contributed by atoms with Crippen molar-refractivity contribution >= 4 is 0 Å². The molecule has 0 radical (unpaired) electrons. The number of unbranched alkanes of at least 4 members (excludes halogenated alkanes) is 2. The molecule has 24 heavy (non-hydrogen) atoms. The fraction of sp³-hybridized carbons (Fsp3) is 0.556. The number of benzene rings is 1. The smallest absolute Gasteiger partial charge is 0.343 e. The fourth-order valence-corrected chi connectivity index (χ4v) is 2.62. The van der Waals surface area contributed by atoms with Crippen LogP contribution in [0.2, 0.25) is 0 Å². The molecular weight excluding hydrogens is 258 g/mol. The van der Waals surface area contributed by atoms with Crippen LogP contribution in [-0.2, 0) is 0 Å². The van der Waals surface area contributed by atoms with Gasteiger partial charge in [0, 0.05) is 0 Å². The first-order valence-electron chi connectivity index (χ1n) is 7.38. The molecule has 0 bridgehead atoms. The van der Waals surface area contributed by atoms with Gasteiger partial charge in [0.2, 0.25) is 0 Å². The molecule has 1 aromatic carbocycles. The molecule has 0 aliphatic carbocycles. The van der Waals surface area contributed by atoms with E-state index in [-0.39, 0.29) is 113 Å². The topological polar surface area (TPSA) is 0 Å². The third-order valence-corrected chi connectivity index (χ3v) is 3.83. The van der Waals surface area contributed by atoms with Crippen LogP contribution in [0.5, 0.6) is 0 Å². The maximum Gasteiger partial charge on any atom is 1.00 e. The van der Waals surface area contributed by atoms with E-state index in [1.165, 1.54) is 25.7 Å². The fourth-order valence-electron chi connectivity index (χ4n) is 2.62. The standard InChI is InChI=1S/C18H28.6Li/c1-5-7-11-15(3)17-13-9-10-14-18(17)16(4)12-8-6-2;;;;;;/h9-10,13-16H,1-2,5-8,11-12H2,3-4H3;;;;;;/q-2;6*+1. The van der Waals surface area contributed by atoms with Gasteiger partial charge in [0.25, 0.3) is 0 Å². The van der Waals surface area contributed by atoms with E-state index in [1.807, 2.05) is 0 Å². The maximum absolute atomic E-state index is 3.94. The van der Waals surface area contributed by atoms with Gasteiger partial charge in [-0.15, -0.1) is 0 Å². The van der Waals surface area contributed by atoms with Crippen molar-refractivity contribution in [1.82, 2.24) is 0 Å². The quantitative estimate of drug-likeness (QED) is 0.329. The molecule has 0 nitrogen and oxygen atoms in total. The molecule has 0 N–H and O–H groups in total. The Morgan fingerprint density at radius 2 is 0.958 bits per heavy atom. The molecule has 2 atom stereocenters. The van der Waals surface area contributed by atoms with Gasteiger partial charge in [-0.05, 0) is 35.8 Å². The minimum Gasteiger partial charge on any atom is -0.343 e. The summed E-state index contributed by atoms with van der Waals surface area (Å²) in [6, 6.07) is 8.97. The molecule has 1 rings (SSSR count). The van der Waals surface area contributed by atoms with E-state index in [0.29, 0.717) is 11.8 Å². The summed E-state index contributed by atoms with van der Waals surface area (Å²) in [7, 11) is 0. The summed E-state index contributed by atoms with van der Waals surface area (Å²) in [4.78, 5) is 0. The Bertz CT molecular complexity index is 313. The summed E-state index contributed by atoms with van der Waals surface area (Å²) >= 11 is 0. The van der Waals surface area contributed by atoms with E-state index in [2.05, 4.69) is 52.0 Å². The summed E-state index contributed by atoms with van der Waals surface area (Å²) in [5.74, 6) is 1.32. The van der Waals surface area contributed by atoms with Crippen molar-refractivity contribution in [1.29, 1.82) is 0 Å². The van der Waals surface area contributed by atoms with Crippen LogP contribution < -0.4 is 113 Å². The van der Waals surface area contributed by atoms with Gasteiger partial charge in [-0.25, -0.2) is 0 Å². The van der Waals surface area contributed by atoms with Crippen LogP contribution in [0.1, 0.15) is 75.3 Å². The minimum atomic E-state index is 0. The van der Waals surface area contributed by atoms with Gasteiger partial charge in [0.15, 0.2) is 0 Å². The van der Waals surface area contributed by atoms with Crippen LogP contribution in [0.3, 0.4) is 0 Å². The van der Waals surface area contributed by atoms with Crippen molar-refractivity contribution in [3.8, 4) is 0 Å². The van der Waals surface area contributed by atoms with Gasteiger partial charge in [0.1, 0.15) is 0 Å². The van der Waals surface area contributed by atoms with Crippen molar-refractivity contribution in [2.45, 2.75) is 64.2 Å². The Morgan fingerprint density at radius 3 is 1.21 bits per heavy atom. The summed E-state index contributed by atoms with van der Waals surface area (Å²) in [6.07, 6.45) is 7.05. The second kappa shape index (κ2) is 25.8. The molecule has 1 aromatic rings. The molecule has 2 unspecified atom stereocenters. The van der Waals surface area contributed by atoms with Crippen molar-refractivity contribution in [2.75, 3.05) is 0 Å². The molecule has 0 saturated carbocycles. The Labute approximate surface area is 224 Å². The third-order valence-electron chi connectivity index (χ3n) is 3.83. The molecule has 0 spiro atoms. The Morgan fingerprint density at radius 1 is 0.667 bits per heavy atom. The third kappa shape index (κ3) is 15.8. The molecule has 0 fully saturated rings. The summed E-state index contributed by atoms with van der Waals surface area (Å²) in [6.45, 7) is 12.6. The predicted molar refractivity (Wildman–Crippen MR) is 81.7 cm³/mol. The van der Waals surface area contributed by atoms with Gasteiger partial charge in [-0.3, -0.25) is 0 Å². The van der Waals surface area contributed by atoms with Crippen LogP contribution in [0, 0.1) is 13.8 Å². The van der Waals surface area contributed by atoms with Crippen LogP contribution in [0.15, 0.2) is 24.3 Å². The average Bonchev–Trinajstić information content (AvgIpc) is 2.42. The zero-order valence-corrected chi connectivity index (χ0v) is 18.1. The van der Waals surface area contributed by atoms with Gasteiger partial charge in [-0.1, -0.05) is 51.0 Å². The summed E-state index contributed by atoms with van der Waals surface area (Å²) in [5, 5.41) is 0. The largest absolute Gasteiger partial charge is 1.00 e. The van der Waals surface area contributed by atoms with Crippen molar-refractivity contribution in [3.05, 3.63) is 49.2 Å². The van der Waals surface area contributed by atoms with Gasteiger partial charge < -0.3 is 13.8 Å². The number of rotatable bonds is 8. The first-order chi connectivity index (χ1) is 8.70. The molecule has 0 amide bonds. The van der Waals surface area contributed by atoms with Gasteiger partial charge in [0.05, 0.1) is 0 Å².